The number of anilines is 1. The van der Waals surface area contributed by atoms with Crippen molar-refractivity contribution in [2.45, 2.75) is 45.8 Å². The van der Waals surface area contributed by atoms with Crippen molar-refractivity contribution in [2.24, 2.45) is 0 Å². The van der Waals surface area contributed by atoms with E-state index in [9.17, 15) is 9.59 Å². The quantitative estimate of drug-likeness (QED) is 0.731. The Bertz CT molecular complexity index is 854. The van der Waals surface area contributed by atoms with E-state index < -0.39 is 6.10 Å². The molecule has 2 aromatic carbocycles. The molecule has 0 aliphatic heterocycles. The third-order valence-corrected chi connectivity index (χ3v) is 4.22. The molecule has 0 aromatic heterocycles. The molecule has 1 atom stereocenters. The van der Waals surface area contributed by atoms with E-state index in [1.807, 2.05) is 30.3 Å². The first kappa shape index (κ1) is 21.0. The highest BCUT2D eigenvalue weighted by atomic mass is 16.5. The predicted molar refractivity (Wildman–Crippen MR) is 108 cm³/mol. The summed E-state index contributed by atoms with van der Waals surface area (Å²) in [4.78, 5) is 24.0. The van der Waals surface area contributed by atoms with E-state index in [-0.39, 0.29) is 24.8 Å². The summed E-state index contributed by atoms with van der Waals surface area (Å²) in [7, 11) is 0. The van der Waals surface area contributed by atoms with Gasteiger partial charge in [0, 0.05) is 12.2 Å². The molecule has 2 amide bonds. The number of nitriles is 1. The number of para-hydroxylation sites is 1. The van der Waals surface area contributed by atoms with Gasteiger partial charge < -0.3 is 15.4 Å². The van der Waals surface area contributed by atoms with Crippen LogP contribution in [0.4, 0.5) is 5.69 Å². The lowest BCUT2D eigenvalue weighted by Gasteiger charge is -2.17. The lowest BCUT2D eigenvalue weighted by atomic mass is 10.0. The summed E-state index contributed by atoms with van der Waals surface area (Å²) in [5.74, 6) is 0.415. The molecule has 0 saturated carbocycles. The van der Waals surface area contributed by atoms with E-state index >= 15 is 0 Å². The molecule has 2 aromatic rings. The monoisotopic (exact) mass is 379 g/mol. The minimum absolute atomic E-state index is 0.199. The van der Waals surface area contributed by atoms with Crippen molar-refractivity contribution in [1.29, 1.82) is 5.26 Å². The highest BCUT2D eigenvalue weighted by Crippen LogP contribution is 2.20. The summed E-state index contributed by atoms with van der Waals surface area (Å²) in [6.07, 6.45) is -0.888. The molecule has 0 radical (unpaired) electrons. The number of nitrogens with zero attached hydrogens (tertiary/aromatic N) is 1. The zero-order chi connectivity index (χ0) is 20.5. The van der Waals surface area contributed by atoms with E-state index in [1.165, 1.54) is 5.56 Å². The van der Waals surface area contributed by atoms with Crippen molar-refractivity contribution < 1.29 is 14.3 Å². The minimum Gasteiger partial charge on any atom is -0.481 e. The molecule has 0 fully saturated rings. The number of nitrogens with one attached hydrogen (secondary N) is 2. The van der Waals surface area contributed by atoms with Gasteiger partial charge >= 0.3 is 0 Å². The van der Waals surface area contributed by atoms with Crippen molar-refractivity contribution in [2.75, 3.05) is 5.32 Å². The number of amides is 2. The lowest BCUT2D eigenvalue weighted by Crippen LogP contribution is -2.31. The van der Waals surface area contributed by atoms with Gasteiger partial charge in [-0.1, -0.05) is 44.2 Å². The third kappa shape index (κ3) is 6.13. The molecule has 0 saturated heterocycles. The van der Waals surface area contributed by atoms with E-state index in [4.69, 9.17) is 10.00 Å². The van der Waals surface area contributed by atoms with Crippen molar-refractivity contribution in [1.82, 2.24) is 5.32 Å². The molecular weight excluding hydrogens is 354 g/mol. The van der Waals surface area contributed by atoms with Gasteiger partial charge in [0.1, 0.15) is 12.2 Å². The van der Waals surface area contributed by atoms with Gasteiger partial charge in [-0.2, -0.15) is 5.26 Å². The fraction of sp³-hybridized carbons (Fsp3) is 0.318. The Morgan fingerprint density at radius 1 is 1.07 bits per heavy atom. The number of carbonyl (C=O) groups excluding carboxylic acids is 2. The fourth-order valence-electron chi connectivity index (χ4n) is 2.55. The van der Waals surface area contributed by atoms with Crippen LogP contribution < -0.4 is 15.4 Å². The zero-order valence-corrected chi connectivity index (χ0v) is 16.4. The van der Waals surface area contributed by atoms with Crippen LogP contribution >= 0.6 is 0 Å². The van der Waals surface area contributed by atoms with Crippen LogP contribution in [0.5, 0.6) is 5.75 Å². The van der Waals surface area contributed by atoms with Crippen molar-refractivity contribution >= 4 is 17.5 Å². The number of ether oxygens (including phenoxy) is 1. The second kappa shape index (κ2) is 10.1. The molecular formula is C22H25N3O3. The first-order valence-corrected chi connectivity index (χ1v) is 9.19. The summed E-state index contributed by atoms with van der Waals surface area (Å²) in [5, 5.41) is 14.0. The molecule has 1 unspecified atom stereocenters. The van der Waals surface area contributed by atoms with Gasteiger partial charge in [-0.3, -0.25) is 9.59 Å². The van der Waals surface area contributed by atoms with Crippen LogP contribution in [0.3, 0.4) is 0 Å². The van der Waals surface area contributed by atoms with Crippen LogP contribution in [0.15, 0.2) is 48.5 Å². The SMILES string of the molecule is CC(Oc1ccc(C(C)C)cc1)C(=O)Nc1ccccc1CNC(=O)CC#N. The predicted octanol–water partition coefficient (Wildman–Crippen LogP) is 3.75. The maximum atomic E-state index is 12.5. The first-order chi connectivity index (χ1) is 13.4. The second-order valence-corrected chi connectivity index (χ2v) is 6.74. The van der Waals surface area contributed by atoms with Gasteiger partial charge in [0.2, 0.25) is 5.91 Å². The number of hydrogen-bond acceptors (Lipinski definition) is 4. The Kier molecular flexibility index (Phi) is 7.58. The molecule has 0 bridgehead atoms. The Morgan fingerprint density at radius 2 is 1.75 bits per heavy atom. The largest absolute Gasteiger partial charge is 0.481 e. The molecule has 0 heterocycles. The fourth-order valence-corrected chi connectivity index (χ4v) is 2.55. The highest BCUT2D eigenvalue weighted by Gasteiger charge is 2.16. The maximum absolute atomic E-state index is 12.5. The number of carbonyl (C=O) groups is 2. The third-order valence-electron chi connectivity index (χ3n) is 4.22. The lowest BCUT2D eigenvalue weighted by molar-refractivity contribution is -0.122. The summed E-state index contributed by atoms with van der Waals surface area (Å²) in [5.41, 5.74) is 2.54. The summed E-state index contributed by atoms with van der Waals surface area (Å²) >= 11 is 0. The average Bonchev–Trinajstić information content (AvgIpc) is 2.68. The van der Waals surface area contributed by atoms with E-state index in [0.717, 1.165) is 5.56 Å². The van der Waals surface area contributed by atoms with Gasteiger partial charge in [0.05, 0.1) is 6.07 Å². The van der Waals surface area contributed by atoms with Crippen LogP contribution in [0.1, 0.15) is 44.2 Å². The molecule has 0 aliphatic carbocycles. The zero-order valence-electron chi connectivity index (χ0n) is 16.4. The van der Waals surface area contributed by atoms with Gasteiger partial charge in [-0.25, -0.2) is 0 Å². The van der Waals surface area contributed by atoms with Crippen LogP contribution in [-0.4, -0.2) is 17.9 Å². The summed E-state index contributed by atoms with van der Waals surface area (Å²) < 4.78 is 5.74. The van der Waals surface area contributed by atoms with Crippen molar-refractivity contribution in [3.63, 3.8) is 0 Å². The number of hydrogen-bond donors (Lipinski definition) is 2. The Labute approximate surface area is 165 Å². The molecule has 146 valence electrons. The standard InChI is InChI=1S/C22H25N3O3/c1-15(2)17-8-10-19(11-9-17)28-16(3)22(27)25-20-7-5-4-6-18(20)14-24-21(26)12-13-23/h4-11,15-16H,12,14H2,1-3H3,(H,24,26)(H,25,27). The Morgan fingerprint density at radius 3 is 2.39 bits per heavy atom. The summed E-state index contributed by atoms with van der Waals surface area (Å²) in [6, 6.07) is 16.7. The van der Waals surface area contributed by atoms with Crippen molar-refractivity contribution in [3.8, 4) is 11.8 Å². The van der Waals surface area contributed by atoms with Crippen LogP contribution in [0.25, 0.3) is 0 Å². The van der Waals surface area contributed by atoms with Gasteiger partial charge in [-0.05, 0) is 42.2 Å². The number of benzene rings is 2. The van der Waals surface area contributed by atoms with Gasteiger partial charge in [0.15, 0.2) is 6.10 Å². The molecule has 28 heavy (non-hydrogen) atoms. The molecule has 0 spiro atoms. The molecule has 6 heteroatoms. The first-order valence-electron chi connectivity index (χ1n) is 9.19. The molecule has 0 aliphatic rings. The van der Waals surface area contributed by atoms with Crippen molar-refractivity contribution in [3.05, 3.63) is 59.7 Å². The summed E-state index contributed by atoms with van der Waals surface area (Å²) in [6.45, 7) is 6.14. The topological polar surface area (TPSA) is 91.2 Å². The van der Waals surface area contributed by atoms with Crippen LogP contribution in [-0.2, 0) is 16.1 Å². The number of rotatable bonds is 8. The van der Waals surface area contributed by atoms with E-state index in [1.54, 1.807) is 31.2 Å². The van der Waals surface area contributed by atoms with Gasteiger partial charge in [-0.15, -0.1) is 0 Å². The smallest absolute Gasteiger partial charge is 0.265 e. The van der Waals surface area contributed by atoms with Crippen LogP contribution in [0, 0.1) is 11.3 Å². The van der Waals surface area contributed by atoms with E-state index in [0.29, 0.717) is 17.4 Å². The minimum atomic E-state index is -0.689. The highest BCUT2D eigenvalue weighted by molar-refractivity contribution is 5.94. The average molecular weight is 379 g/mol. The Balaban J connectivity index is 1.98. The molecule has 2 rings (SSSR count). The van der Waals surface area contributed by atoms with E-state index in [2.05, 4.69) is 24.5 Å². The van der Waals surface area contributed by atoms with Crippen LogP contribution in [0.2, 0.25) is 0 Å². The Hall–Kier alpha value is -3.33. The normalized spacial score (nSPS) is 11.4. The molecule has 2 N–H and O–H groups in total. The van der Waals surface area contributed by atoms with Gasteiger partial charge in [0.25, 0.3) is 5.91 Å². The molecule has 6 nitrogen and oxygen atoms in total. The second-order valence-electron chi connectivity index (χ2n) is 6.74. The maximum Gasteiger partial charge on any atom is 0.265 e.